The maximum Gasteiger partial charge on any atom is 0.225 e. The molecule has 1 N–H and O–H groups in total. The van der Waals surface area contributed by atoms with Crippen molar-refractivity contribution in [2.75, 3.05) is 34.4 Å². The van der Waals surface area contributed by atoms with Crippen molar-refractivity contribution in [3.8, 4) is 0 Å². The molecule has 2 aliphatic rings. The van der Waals surface area contributed by atoms with Crippen LogP contribution in [0.15, 0.2) is 36.5 Å². The Morgan fingerprint density at radius 1 is 1.00 bits per heavy atom. The van der Waals surface area contributed by atoms with Crippen LogP contribution in [0.3, 0.4) is 0 Å². The van der Waals surface area contributed by atoms with Crippen molar-refractivity contribution in [3.63, 3.8) is 0 Å². The van der Waals surface area contributed by atoms with Gasteiger partial charge in [0, 0.05) is 40.8 Å². The Morgan fingerprint density at radius 2 is 1.66 bits per heavy atom. The van der Waals surface area contributed by atoms with Crippen LogP contribution in [-0.4, -0.2) is 86.2 Å². The molecule has 1 saturated heterocycles. The van der Waals surface area contributed by atoms with Crippen LogP contribution in [0.4, 0.5) is 0 Å². The zero-order valence-electron chi connectivity index (χ0n) is 26.7. The molecule has 1 fully saturated rings. The number of amides is 3. The lowest BCUT2D eigenvalue weighted by Gasteiger charge is -2.39. The summed E-state index contributed by atoms with van der Waals surface area (Å²) in [5.74, 6) is 0.282. The topological polar surface area (TPSA) is 88.2 Å². The highest BCUT2D eigenvalue weighted by molar-refractivity contribution is 5.80. The molecular formula is C33H55N3O5. The molecule has 2 rings (SSSR count). The number of likely N-dealkylation sites (N-methyl/N-ethyl adjacent to an activating group) is 1. The van der Waals surface area contributed by atoms with Gasteiger partial charge in [0.15, 0.2) is 0 Å². The fourth-order valence-corrected chi connectivity index (χ4v) is 6.14. The molecule has 6 atom stereocenters. The summed E-state index contributed by atoms with van der Waals surface area (Å²) in [7, 11) is 5.07. The van der Waals surface area contributed by atoms with E-state index in [1.807, 2.05) is 57.0 Å². The van der Waals surface area contributed by atoms with Gasteiger partial charge in [0.2, 0.25) is 17.7 Å². The van der Waals surface area contributed by atoms with E-state index in [1.165, 1.54) is 0 Å². The monoisotopic (exact) mass is 573 g/mol. The Balaban J connectivity index is 2.07. The van der Waals surface area contributed by atoms with Gasteiger partial charge >= 0.3 is 0 Å². The third-order valence-electron chi connectivity index (χ3n) is 8.71. The molecule has 1 aliphatic carbocycles. The first-order valence-corrected chi connectivity index (χ1v) is 15.5. The molecule has 1 heterocycles. The molecule has 8 heteroatoms. The lowest BCUT2D eigenvalue weighted by atomic mass is 9.90. The number of allylic oxidation sites excluding steroid dienone is 6. The van der Waals surface area contributed by atoms with E-state index < -0.39 is 18.1 Å². The lowest BCUT2D eigenvalue weighted by molar-refractivity contribution is -0.146. The second kappa shape index (κ2) is 17.5. The van der Waals surface area contributed by atoms with Gasteiger partial charge in [-0.2, -0.15) is 0 Å². The first kappa shape index (κ1) is 34.7. The van der Waals surface area contributed by atoms with Gasteiger partial charge in [-0.1, -0.05) is 77.5 Å². The Labute approximate surface area is 248 Å². The minimum atomic E-state index is -0.427. The average Bonchev–Trinajstić information content (AvgIpc) is 3.28. The van der Waals surface area contributed by atoms with Gasteiger partial charge in [-0.25, -0.2) is 0 Å². The summed E-state index contributed by atoms with van der Waals surface area (Å²) in [6.45, 7) is 11.4. The van der Waals surface area contributed by atoms with E-state index in [-0.39, 0.29) is 54.0 Å². The van der Waals surface area contributed by atoms with Crippen molar-refractivity contribution < 1.29 is 23.9 Å². The van der Waals surface area contributed by atoms with Crippen molar-refractivity contribution in [3.05, 3.63) is 36.5 Å². The molecule has 8 nitrogen and oxygen atoms in total. The van der Waals surface area contributed by atoms with Gasteiger partial charge in [-0.15, -0.1) is 0 Å². The van der Waals surface area contributed by atoms with Gasteiger partial charge in [0.25, 0.3) is 0 Å². The van der Waals surface area contributed by atoms with Crippen LogP contribution in [0, 0.1) is 23.7 Å². The Morgan fingerprint density at radius 3 is 2.22 bits per heavy atom. The van der Waals surface area contributed by atoms with E-state index >= 15 is 0 Å². The Kier molecular flexibility index (Phi) is 14.8. The summed E-state index contributed by atoms with van der Waals surface area (Å²) in [6, 6.07) is -0.398. The zero-order valence-corrected chi connectivity index (χ0v) is 26.7. The highest BCUT2D eigenvalue weighted by Crippen LogP contribution is 2.29. The lowest BCUT2D eigenvalue weighted by Crippen LogP contribution is -2.53. The molecule has 41 heavy (non-hydrogen) atoms. The Bertz CT molecular complexity index is 914. The molecule has 0 radical (unpaired) electrons. The number of carbonyl (C=O) groups is 3. The molecule has 0 aromatic heterocycles. The predicted octanol–water partition coefficient (Wildman–Crippen LogP) is 4.76. The second-order valence-electron chi connectivity index (χ2n) is 12.1. The summed E-state index contributed by atoms with van der Waals surface area (Å²) >= 11 is 0. The van der Waals surface area contributed by atoms with E-state index in [0.29, 0.717) is 19.5 Å². The Hall–Kier alpha value is -2.45. The molecular weight excluding hydrogens is 518 g/mol. The van der Waals surface area contributed by atoms with E-state index in [1.54, 1.807) is 19.1 Å². The molecule has 0 saturated carbocycles. The molecule has 0 spiro atoms. The first-order chi connectivity index (χ1) is 19.5. The zero-order chi connectivity index (χ0) is 30.5. The molecule has 0 bridgehead atoms. The van der Waals surface area contributed by atoms with Crippen molar-refractivity contribution in [1.29, 1.82) is 0 Å². The fourth-order valence-electron chi connectivity index (χ4n) is 6.14. The third-order valence-corrected chi connectivity index (χ3v) is 8.71. The average molecular weight is 574 g/mol. The molecule has 232 valence electrons. The number of rotatable bonds is 16. The van der Waals surface area contributed by atoms with E-state index in [9.17, 15) is 14.4 Å². The molecule has 6 unspecified atom stereocenters. The summed E-state index contributed by atoms with van der Waals surface area (Å²) in [5, 5.41) is 3.08. The number of likely N-dealkylation sites (tertiary alicyclic amines) is 1. The van der Waals surface area contributed by atoms with E-state index in [2.05, 4.69) is 31.3 Å². The number of hydrogen-bond donors (Lipinski definition) is 1. The highest BCUT2D eigenvalue weighted by Gasteiger charge is 2.41. The van der Waals surface area contributed by atoms with Crippen LogP contribution < -0.4 is 5.32 Å². The van der Waals surface area contributed by atoms with Crippen LogP contribution in [0.25, 0.3) is 0 Å². The molecule has 0 aromatic rings. The normalized spacial score (nSPS) is 20.9. The minimum Gasteiger partial charge on any atom is -0.379 e. The van der Waals surface area contributed by atoms with Crippen molar-refractivity contribution in [2.24, 2.45) is 23.7 Å². The first-order valence-electron chi connectivity index (χ1n) is 15.5. The van der Waals surface area contributed by atoms with Gasteiger partial charge in [-0.3, -0.25) is 14.4 Å². The third kappa shape index (κ3) is 10.1. The van der Waals surface area contributed by atoms with Gasteiger partial charge in [0.1, 0.15) is 0 Å². The van der Waals surface area contributed by atoms with Crippen molar-refractivity contribution in [1.82, 2.24) is 15.1 Å². The fraction of sp³-hybridized carbons (Fsp3) is 0.727. The number of carbonyl (C=O) groups excluding carboxylic acids is 3. The van der Waals surface area contributed by atoms with Gasteiger partial charge < -0.3 is 24.6 Å². The number of nitrogens with one attached hydrogen (secondary N) is 1. The summed E-state index contributed by atoms with van der Waals surface area (Å²) < 4.78 is 11.8. The molecule has 0 aromatic carbocycles. The summed E-state index contributed by atoms with van der Waals surface area (Å²) in [4.78, 5) is 43.5. The van der Waals surface area contributed by atoms with Crippen LogP contribution in [-0.2, 0) is 23.9 Å². The predicted molar refractivity (Wildman–Crippen MR) is 164 cm³/mol. The van der Waals surface area contributed by atoms with Crippen LogP contribution in [0.5, 0.6) is 0 Å². The summed E-state index contributed by atoms with van der Waals surface area (Å²) in [5.41, 5.74) is 0. The van der Waals surface area contributed by atoms with Crippen molar-refractivity contribution in [2.45, 2.75) is 97.4 Å². The smallest absolute Gasteiger partial charge is 0.225 e. The molecule has 1 aliphatic heterocycles. The van der Waals surface area contributed by atoms with E-state index in [0.717, 1.165) is 25.7 Å². The second-order valence-corrected chi connectivity index (χ2v) is 12.1. The minimum absolute atomic E-state index is 0.0208. The number of hydrogen-bond acceptors (Lipinski definition) is 5. The van der Waals surface area contributed by atoms with Crippen LogP contribution in [0.1, 0.15) is 73.1 Å². The highest BCUT2D eigenvalue weighted by atomic mass is 16.5. The molecule has 3 amide bonds. The van der Waals surface area contributed by atoms with Crippen molar-refractivity contribution >= 4 is 17.7 Å². The van der Waals surface area contributed by atoms with E-state index in [4.69, 9.17) is 9.47 Å². The standard InChI is InChI=1S/C33H55N3O5/c1-9-24(4)31(35(6)29(37)21-23(2)3)28(40-7)22-30(38)36-20-14-17-27(36)32(41-8)25(5)33(39)34-19-18-26-15-12-10-11-13-16-26/h10-13,15-16,23-28,31-32H,9,14,17-22H2,1-8H3,(H,34,39). The maximum absolute atomic E-state index is 13.8. The maximum atomic E-state index is 13.8. The quantitative estimate of drug-likeness (QED) is 0.288. The number of nitrogens with zero attached hydrogens (tertiary/aromatic N) is 2. The van der Waals surface area contributed by atoms with Crippen LogP contribution in [0.2, 0.25) is 0 Å². The summed E-state index contributed by atoms with van der Waals surface area (Å²) in [6.07, 6.45) is 15.5. The van der Waals surface area contributed by atoms with Crippen LogP contribution >= 0.6 is 0 Å². The number of ether oxygens (including phenoxy) is 2. The largest absolute Gasteiger partial charge is 0.379 e. The number of methoxy groups -OCH3 is 2. The SMILES string of the molecule is CCC(C)C(C(CC(=O)N1CCCC1C(OC)C(C)C(=O)NCCC1C=CC=CC=C1)OC)N(C)C(=O)CC(C)C. The van der Waals surface area contributed by atoms with Gasteiger partial charge in [0.05, 0.1) is 36.6 Å². The van der Waals surface area contributed by atoms with Gasteiger partial charge in [-0.05, 0) is 37.0 Å².